The molecule has 5 heteroatoms. The van der Waals surface area contributed by atoms with Crippen molar-refractivity contribution in [1.82, 2.24) is 10.2 Å². The van der Waals surface area contributed by atoms with E-state index >= 15 is 0 Å². The number of amides is 1. The molecule has 0 bridgehead atoms. The number of hydrogen-bond donors (Lipinski definition) is 1. The monoisotopic (exact) mass is 322 g/mol. The fraction of sp³-hybridized carbons (Fsp3) is 0.611. The predicted molar refractivity (Wildman–Crippen MR) is 88.8 cm³/mol. The smallest absolute Gasteiger partial charge is 0.257 e. The maximum absolute atomic E-state index is 13.6. The number of halogens is 1. The lowest BCUT2D eigenvalue weighted by Gasteiger charge is -2.35. The third-order valence-corrected chi connectivity index (χ3v) is 3.99. The van der Waals surface area contributed by atoms with Crippen LogP contribution in [0.5, 0.6) is 0 Å². The zero-order valence-corrected chi connectivity index (χ0v) is 14.4. The van der Waals surface area contributed by atoms with E-state index in [1.807, 2.05) is 18.2 Å². The van der Waals surface area contributed by atoms with Crippen LogP contribution in [0, 0.1) is 0 Å². The number of morpholine rings is 1. The molecule has 0 saturated carbocycles. The number of hydrogen-bond acceptors (Lipinski definition) is 3. The summed E-state index contributed by atoms with van der Waals surface area (Å²) in [6.45, 7) is 9.64. The largest absolute Gasteiger partial charge is 0.373 e. The normalized spacial score (nSPS) is 22.8. The van der Waals surface area contributed by atoms with Crippen LogP contribution >= 0.6 is 0 Å². The Balaban J connectivity index is 2.01. The number of alkyl halides is 1. The molecule has 128 valence electrons. The molecule has 1 aromatic carbocycles. The van der Waals surface area contributed by atoms with Gasteiger partial charge in [0.25, 0.3) is 5.91 Å². The summed E-state index contributed by atoms with van der Waals surface area (Å²) in [4.78, 5) is 14.1. The van der Waals surface area contributed by atoms with Gasteiger partial charge in [0.1, 0.15) is 0 Å². The number of rotatable bonds is 5. The van der Waals surface area contributed by atoms with Gasteiger partial charge >= 0.3 is 0 Å². The van der Waals surface area contributed by atoms with Gasteiger partial charge in [-0.15, -0.1) is 0 Å². The molecule has 0 radical (unpaired) electrons. The topological polar surface area (TPSA) is 41.6 Å². The maximum atomic E-state index is 13.6. The van der Waals surface area contributed by atoms with Crippen molar-refractivity contribution in [3.63, 3.8) is 0 Å². The Morgan fingerprint density at radius 1 is 1.26 bits per heavy atom. The van der Waals surface area contributed by atoms with Crippen molar-refractivity contribution in [3.8, 4) is 0 Å². The average Bonchev–Trinajstić information content (AvgIpc) is 2.44. The van der Waals surface area contributed by atoms with Crippen LogP contribution in [0.1, 0.15) is 38.8 Å². The van der Waals surface area contributed by atoms with Crippen LogP contribution in [-0.2, 0) is 22.6 Å². The van der Waals surface area contributed by atoms with Crippen LogP contribution in [0.15, 0.2) is 24.3 Å². The van der Waals surface area contributed by atoms with Crippen molar-refractivity contribution >= 4 is 5.91 Å². The van der Waals surface area contributed by atoms with Gasteiger partial charge in [-0.25, -0.2) is 4.39 Å². The van der Waals surface area contributed by atoms with Crippen molar-refractivity contribution in [1.29, 1.82) is 0 Å². The minimum Gasteiger partial charge on any atom is -0.373 e. The van der Waals surface area contributed by atoms with Gasteiger partial charge in [-0.1, -0.05) is 24.3 Å². The molecule has 2 rings (SSSR count). The first-order chi connectivity index (χ1) is 10.8. The Morgan fingerprint density at radius 3 is 2.39 bits per heavy atom. The lowest BCUT2D eigenvalue weighted by atomic mass is 10.1. The van der Waals surface area contributed by atoms with E-state index < -0.39 is 11.6 Å². The highest BCUT2D eigenvalue weighted by atomic mass is 19.1. The van der Waals surface area contributed by atoms with Crippen molar-refractivity contribution in [3.05, 3.63) is 35.4 Å². The second kappa shape index (κ2) is 7.41. The molecule has 1 N–H and O–H groups in total. The van der Waals surface area contributed by atoms with E-state index in [0.717, 1.165) is 30.8 Å². The van der Waals surface area contributed by atoms with Crippen LogP contribution in [0.25, 0.3) is 0 Å². The van der Waals surface area contributed by atoms with E-state index in [9.17, 15) is 9.18 Å². The maximum Gasteiger partial charge on any atom is 0.257 e. The third kappa shape index (κ3) is 5.29. The molecule has 1 aromatic rings. The van der Waals surface area contributed by atoms with Crippen LogP contribution in [-0.4, -0.2) is 41.8 Å². The lowest BCUT2D eigenvalue weighted by Crippen LogP contribution is -2.45. The van der Waals surface area contributed by atoms with E-state index in [2.05, 4.69) is 30.1 Å². The first-order valence-electron chi connectivity index (χ1n) is 8.17. The van der Waals surface area contributed by atoms with Crippen LogP contribution in [0.4, 0.5) is 4.39 Å². The second-order valence-electron chi connectivity index (χ2n) is 6.88. The number of benzene rings is 1. The summed E-state index contributed by atoms with van der Waals surface area (Å²) in [6.07, 6.45) is 0.441. The van der Waals surface area contributed by atoms with Gasteiger partial charge in [0.05, 0.1) is 12.2 Å². The Labute approximate surface area is 138 Å². The first-order valence-corrected chi connectivity index (χ1v) is 8.17. The summed E-state index contributed by atoms with van der Waals surface area (Å²) < 4.78 is 19.4. The number of carbonyl (C=O) groups excluding carboxylic acids is 1. The number of nitrogens with zero attached hydrogens (tertiary/aromatic N) is 1. The lowest BCUT2D eigenvalue weighted by molar-refractivity contribution is -0.130. The van der Waals surface area contributed by atoms with Gasteiger partial charge in [0.15, 0.2) is 5.67 Å². The van der Waals surface area contributed by atoms with Crippen LogP contribution < -0.4 is 5.32 Å². The highest BCUT2D eigenvalue weighted by molar-refractivity contribution is 5.84. The highest BCUT2D eigenvalue weighted by Gasteiger charge is 2.26. The summed E-state index contributed by atoms with van der Waals surface area (Å²) in [5, 5.41) is 2.68. The Kier molecular flexibility index (Phi) is 5.76. The van der Waals surface area contributed by atoms with E-state index in [0.29, 0.717) is 6.54 Å². The molecule has 1 fully saturated rings. The molecule has 0 spiro atoms. The van der Waals surface area contributed by atoms with E-state index in [-0.39, 0.29) is 12.2 Å². The van der Waals surface area contributed by atoms with Gasteiger partial charge in [-0.2, -0.15) is 0 Å². The molecule has 23 heavy (non-hydrogen) atoms. The summed E-state index contributed by atoms with van der Waals surface area (Å²) >= 11 is 0. The summed E-state index contributed by atoms with van der Waals surface area (Å²) in [5.41, 5.74) is 0.326. The van der Waals surface area contributed by atoms with Crippen molar-refractivity contribution < 1.29 is 13.9 Å². The number of carbonyl (C=O) groups is 1. The quantitative estimate of drug-likeness (QED) is 0.906. The molecule has 1 amide bonds. The van der Waals surface area contributed by atoms with Crippen molar-refractivity contribution in [2.75, 3.05) is 13.1 Å². The standard InChI is InChI=1S/C18H27FN2O2/c1-13-10-21(11-14(2)23-13)12-16-8-6-5-7-15(16)9-20-17(22)18(3,4)19/h5-8,13-14H,9-12H2,1-4H3,(H,20,22)/t13-,14-/m1/s1. The zero-order valence-electron chi connectivity index (χ0n) is 14.4. The summed E-state index contributed by atoms with van der Waals surface area (Å²) in [7, 11) is 0. The molecular formula is C18H27FN2O2. The average molecular weight is 322 g/mol. The molecule has 0 aliphatic carbocycles. The van der Waals surface area contributed by atoms with Crippen molar-refractivity contribution in [2.45, 2.75) is 58.7 Å². The Hall–Kier alpha value is -1.46. The first kappa shape index (κ1) is 17.9. The fourth-order valence-electron chi connectivity index (χ4n) is 2.92. The Morgan fingerprint density at radius 2 is 1.83 bits per heavy atom. The van der Waals surface area contributed by atoms with Gasteiger partial charge < -0.3 is 10.1 Å². The molecule has 1 aliphatic rings. The van der Waals surface area contributed by atoms with E-state index in [1.54, 1.807) is 0 Å². The van der Waals surface area contributed by atoms with Crippen molar-refractivity contribution in [2.24, 2.45) is 0 Å². The van der Waals surface area contributed by atoms with Crippen LogP contribution in [0.2, 0.25) is 0 Å². The molecule has 2 atom stereocenters. The second-order valence-corrected chi connectivity index (χ2v) is 6.88. The van der Waals surface area contributed by atoms with E-state index in [1.165, 1.54) is 13.8 Å². The van der Waals surface area contributed by atoms with Gasteiger partial charge in [-0.3, -0.25) is 9.69 Å². The summed E-state index contributed by atoms with van der Waals surface area (Å²) in [6, 6.07) is 7.98. The molecular weight excluding hydrogens is 295 g/mol. The Bertz CT molecular complexity index is 532. The molecule has 0 aromatic heterocycles. The minimum atomic E-state index is -1.86. The zero-order chi connectivity index (χ0) is 17.0. The van der Waals surface area contributed by atoms with E-state index in [4.69, 9.17) is 4.74 Å². The van der Waals surface area contributed by atoms with Gasteiger partial charge in [0, 0.05) is 26.2 Å². The third-order valence-electron chi connectivity index (χ3n) is 3.99. The predicted octanol–water partition coefficient (Wildman–Crippen LogP) is 2.66. The molecule has 4 nitrogen and oxygen atoms in total. The van der Waals surface area contributed by atoms with Gasteiger partial charge in [-0.05, 0) is 38.8 Å². The molecule has 1 saturated heterocycles. The summed E-state index contributed by atoms with van der Waals surface area (Å²) in [5.74, 6) is -0.582. The highest BCUT2D eigenvalue weighted by Crippen LogP contribution is 2.17. The van der Waals surface area contributed by atoms with Gasteiger partial charge in [0.2, 0.25) is 0 Å². The fourth-order valence-corrected chi connectivity index (χ4v) is 2.92. The minimum absolute atomic E-state index is 0.220. The number of ether oxygens (including phenoxy) is 1. The van der Waals surface area contributed by atoms with Crippen LogP contribution in [0.3, 0.4) is 0 Å². The molecule has 1 aliphatic heterocycles. The number of nitrogens with one attached hydrogen (secondary N) is 1. The molecule has 1 heterocycles. The molecule has 0 unspecified atom stereocenters. The SMILES string of the molecule is C[C@@H]1CN(Cc2ccccc2CNC(=O)C(C)(C)F)C[C@@H](C)O1.